The first-order valence-corrected chi connectivity index (χ1v) is 6.88. The van der Waals surface area contributed by atoms with Gasteiger partial charge in [0, 0.05) is 5.56 Å². The Morgan fingerprint density at radius 2 is 1.68 bits per heavy atom. The normalized spacial score (nSPS) is 17.4. The van der Waals surface area contributed by atoms with Crippen LogP contribution in [0.5, 0.6) is 0 Å². The van der Waals surface area contributed by atoms with Gasteiger partial charge in [-0.2, -0.15) is 5.06 Å². The maximum atomic E-state index is 12.1. The molecule has 1 aliphatic heterocycles. The second-order valence-electron chi connectivity index (χ2n) is 4.80. The average molecular weight is 296 g/mol. The van der Waals surface area contributed by atoms with Gasteiger partial charge in [0.15, 0.2) is 11.9 Å². The summed E-state index contributed by atoms with van der Waals surface area (Å²) in [5, 5.41) is 1.51. The fraction of sp³-hybridized carbons (Fsp3) is 0.118. The van der Waals surface area contributed by atoms with Crippen molar-refractivity contribution in [2.45, 2.75) is 6.17 Å². The molecule has 2 aromatic carbocycles. The first-order valence-electron chi connectivity index (χ1n) is 6.88. The fourth-order valence-corrected chi connectivity index (χ4v) is 2.37. The Balaban J connectivity index is 2.04. The molecule has 0 saturated heterocycles. The van der Waals surface area contributed by atoms with Crippen molar-refractivity contribution < 1.29 is 14.4 Å². The van der Waals surface area contributed by atoms with Gasteiger partial charge in [-0.15, -0.1) is 0 Å². The topological polar surface area (TPSA) is 64.8 Å². The van der Waals surface area contributed by atoms with Crippen LogP contribution >= 0.6 is 0 Å². The van der Waals surface area contributed by atoms with Crippen LogP contribution in [0, 0.1) is 0 Å². The summed E-state index contributed by atoms with van der Waals surface area (Å²) >= 11 is 0. The van der Waals surface area contributed by atoms with E-state index < -0.39 is 12.1 Å². The van der Waals surface area contributed by atoms with Crippen LogP contribution in [0.25, 0.3) is 5.76 Å². The van der Waals surface area contributed by atoms with Crippen LogP contribution in [-0.4, -0.2) is 19.2 Å². The number of esters is 1. The number of ether oxygens (including phenoxy) is 1. The van der Waals surface area contributed by atoms with Gasteiger partial charge in [0.25, 0.3) is 0 Å². The largest absolute Gasteiger partial charge is 0.465 e. The number of methoxy groups -OCH3 is 1. The van der Waals surface area contributed by atoms with Gasteiger partial charge < -0.3 is 15.3 Å². The fourth-order valence-electron chi connectivity index (χ4n) is 2.37. The smallest absolute Gasteiger partial charge is 0.341 e. The molecule has 2 N–H and O–H groups in total. The number of anilines is 1. The number of rotatable bonds is 3. The molecule has 0 saturated carbocycles. The number of nitrogens with two attached hydrogens (primary N) is 1. The Morgan fingerprint density at radius 1 is 1.09 bits per heavy atom. The first kappa shape index (κ1) is 14.2. The Bertz CT molecular complexity index is 698. The van der Waals surface area contributed by atoms with Gasteiger partial charge in [-0.3, -0.25) is 0 Å². The SMILES string of the molecule is COC(=O)C1=C(c2ccccc2)ON(c2ccccc2)C1N. The zero-order valence-corrected chi connectivity index (χ0v) is 12.1. The van der Waals surface area contributed by atoms with Crippen molar-refractivity contribution in [3.63, 3.8) is 0 Å². The van der Waals surface area contributed by atoms with Crippen molar-refractivity contribution >= 4 is 17.4 Å². The lowest BCUT2D eigenvalue weighted by molar-refractivity contribution is -0.136. The summed E-state index contributed by atoms with van der Waals surface area (Å²) in [6.07, 6.45) is -0.731. The molecule has 2 aromatic rings. The molecule has 5 nitrogen and oxygen atoms in total. The Hall–Kier alpha value is -2.79. The molecule has 0 spiro atoms. The summed E-state index contributed by atoms with van der Waals surface area (Å²) in [5.41, 5.74) is 8.05. The van der Waals surface area contributed by atoms with Crippen LogP contribution in [-0.2, 0) is 14.4 Å². The third-order valence-corrected chi connectivity index (χ3v) is 3.43. The number of carbonyl (C=O) groups is 1. The Kier molecular flexibility index (Phi) is 3.80. The summed E-state index contributed by atoms with van der Waals surface area (Å²) in [5.74, 6) is -0.0754. The minimum Gasteiger partial charge on any atom is -0.465 e. The van der Waals surface area contributed by atoms with Crippen molar-refractivity contribution in [2.24, 2.45) is 5.73 Å². The minimum atomic E-state index is -0.731. The van der Waals surface area contributed by atoms with Gasteiger partial charge >= 0.3 is 5.97 Å². The molecule has 0 aromatic heterocycles. The predicted molar refractivity (Wildman–Crippen MR) is 83.4 cm³/mol. The second kappa shape index (κ2) is 5.91. The van der Waals surface area contributed by atoms with E-state index >= 15 is 0 Å². The van der Waals surface area contributed by atoms with Gasteiger partial charge in [-0.05, 0) is 12.1 Å². The van der Waals surface area contributed by atoms with Crippen molar-refractivity contribution in [1.29, 1.82) is 0 Å². The predicted octanol–water partition coefficient (Wildman–Crippen LogP) is 2.31. The molecule has 112 valence electrons. The highest BCUT2D eigenvalue weighted by molar-refractivity contribution is 5.99. The Labute approximate surface area is 128 Å². The van der Waals surface area contributed by atoms with E-state index in [0.717, 1.165) is 11.3 Å². The summed E-state index contributed by atoms with van der Waals surface area (Å²) < 4.78 is 4.86. The molecule has 1 heterocycles. The highest BCUT2D eigenvalue weighted by Crippen LogP contribution is 2.34. The van der Waals surface area contributed by atoms with Gasteiger partial charge in [-0.1, -0.05) is 48.5 Å². The van der Waals surface area contributed by atoms with E-state index in [1.807, 2.05) is 60.7 Å². The van der Waals surface area contributed by atoms with E-state index in [9.17, 15) is 4.79 Å². The maximum absolute atomic E-state index is 12.1. The van der Waals surface area contributed by atoms with Crippen LogP contribution in [0.3, 0.4) is 0 Å². The molecular weight excluding hydrogens is 280 g/mol. The zero-order chi connectivity index (χ0) is 15.5. The Morgan fingerprint density at radius 3 is 2.27 bits per heavy atom. The highest BCUT2D eigenvalue weighted by Gasteiger charge is 2.38. The van der Waals surface area contributed by atoms with E-state index in [1.165, 1.54) is 12.2 Å². The molecule has 5 heteroatoms. The van der Waals surface area contributed by atoms with E-state index in [0.29, 0.717) is 11.3 Å². The van der Waals surface area contributed by atoms with E-state index in [1.54, 1.807) is 0 Å². The number of benzene rings is 2. The second-order valence-corrected chi connectivity index (χ2v) is 4.80. The standard InChI is InChI=1S/C17H16N2O3/c1-21-17(20)14-15(12-8-4-2-5-9-12)22-19(16(14)18)13-10-6-3-7-11-13/h2-11,16H,18H2,1H3. The van der Waals surface area contributed by atoms with Crippen molar-refractivity contribution in [3.8, 4) is 0 Å². The molecular formula is C17H16N2O3. The average Bonchev–Trinajstić information content (AvgIpc) is 2.93. The summed E-state index contributed by atoms with van der Waals surface area (Å²) in [6, 6.07) is 18.7. The highest BCUT2D eigenvalue weighted by atomic mass is 16.7. The lowest BCUT2D eigenvalue weighted by atomic mass is 10.1. The molecule has 1 unspecified atom stereocenters. The van der Waals surface area contributed by atoms with Crippen molar-refractivity contribution in [2.75, 3.05) is 12.2 Å². The molecule has 0 fully saturated rings. The van der Waals surface area contributed by atoms with Crippen LogP contribution in [0.15, 0.2) is 66.2 Å². The summed E-state index contributed by atoms with van der Waals surface area (Å²) in [6.45, 7) is 0. The first-order chi connectivity index (χ1) is 10.7. The number of hydrogen-bond donors (Lipinski definition) is 1. The zero-order valence-electron chi connectivity index (χ0n) is 12.1. The molecule has 0 radical (unpaired) electrons. The molecule has 0 amide bonds. The quantitative estimate of drug-likeness (QED) is 0.881. The van der Waals surface area contributed by atoms with Crippen molar-refractivity contribution in [1.82, 2.24) is 0 Å². The number of hydroxylamine groups is 1. The monoisotopic (exact) mass is 296 g/mol. The number of hydrogen-bond acceptors (Lipinski definition) is 5. The summed E-state index contributed by atoms with van der Waals surface area (Å²) in [7, 11) is 1.33. The molecule has 1 aliphatic rings. The minimum absolute atomic E-state index is 0.303. The van der Waals surface area contributed by atoms with E-state index in [2.05, 4.69) is 0 Å². The summed E-state index contributed by atoms with van der Waals surface area (Å²) in [4.78, 5) is 18.0. The number of para-hydroxylation sites is 1. The van der Waals surface area contributed by atoms with Gasteiger partial charge in [0.1, 0.15) is 5.57 Å². The maximum Gasteiger partial charge on any atom is 0.341 e. The van der Waals surface area contributed by atoms with Crippen molar-refractivity contribution in [3.05, 3.63) is 71.8 Å². The molecule has 1 atom stereocenters. The van der Waals surface area contributed by atoms with Gasteiger partial charge in [0.05, 0.1) is 12.8 Å². The molecule has 22 heavy (non-hydrogen) atoms. The lowest BCUT2D eigenvalue weighted by Gasteiger charge is -2.22. The molecule has 0 aliphatic carbocycles. The molecule has 0 bridgehead atoms. The van der Waals surface area contributed by atoms with Gasteiger partial charge in [-0.25, -0.2) is 4.79 Å². The van der Waals surface area contributed by atoms with Crippen LogP contribution in [0.1, 0.15) is 5.56 Å². The lowest BCUT2D eigenvalue weighted by Crippen LogP contribution is -2.40. The van der Waals surface area contributed by atoms with Crippen LogP contribution < -0.4 is 10.8 Å². The molecule has 3 rings (SSSR count). The van der Waals surface area contributed by atoms with E-state index in [4.69, 9.17) is 15.3 Å². The number of nitrogens with zero attached hydrogens (tertiary/aromatic N) is 1. The van der Waals surface area contributed by atoms with Gasteiger partial charge in [0.2, 0.25) is 0 Å². The van der Waals surface area contributed by atoms with E-state index in [-0.39, 0.29) is 0 Å². The number of carbonyl (C=O) groups excluding carboxylic acids is 1. The third kappa shape index (κ3) is 2.42. The van der Waals surface area contributed by atoms with Crippen LogP contribution in [0.4, 0.5) is 5.69 Å². The third-order valence-electron chi connectivity index (χ3n) is 3.43. The van der Waals surface area contributed by atoms with Crippen LogP contribution in [0.2, 0.25) is 0 Å².